The van der Waals surface area contributed by atoms with Gasteiger partial charge in [0.2, 0.25) is 11.6 Å². The average Bonchev–Trinajstić information content (AvgIpc) is 2.36. The van der Waals surface area contributed by atoms with Gasteiger partial charge in [-0.05, 0) is 18.2 Å². The minimum absolute atomic E-state index is 0.0306. The van der Waals surface area contributed by atoms with Gasteiger partial charge in [-0.3, -0.25) is 14.8 Å². The number of azo groups is 1. The number of nitrogens with one attached hydrogen (secondary N) is 2. The van der Waals surface area contributed by atoms with Gasteiger partial charge in [0.25, 0.3) is 5.56 Å². The molecule has 2 rings (SSSR count). The fourth-order valence-electron chi connectivity index (χ4n) is 1.37. The molecule has 0 unspecified atom stereocenters. The van der Waals surface area contributed by atoms with Crippen molar-refractivity contribution in [3.05, 3.63) is 45.1 Å². The molecule has 0 aliphatic carbocycles. The van der Waals surface area contributed by atoms with E-state index in [1.54, 1.807) is 0 Å². The first-order chi connectivity index (χ1) is 9.77. The molecule has 0 fully saturated rings. The van der Waals surface area contributed by atoms with E-state index < -0.39 is 37.8 Å². The first kappa shape index (κ1) is 14.6. The molecule has 0 radical (unpaired) electrons. The lowest BCUT2D eigenvalue weighted by molar-refractivity contribution is 0.449. The lowest BCUT2D eigenvalue weighted by Crippen LogP contribution is -2.20. The van der Waals surface area contributed by atoms with E-state index in [0.29, 0.717) is 0 Å². The molecule has 0 aliphatic rings. The second-order valence-corrected chi connectivity index (χ2v) is 5.14. The van der Waals surface area contributed by atoms with E-state index in [1.807, 2.05) is 9.97 Å². The van der Waals surface area contributed by atoms with Crippen LogP contribution in [-0.2, 0) is 10.1 Å². The minimum atomic E-state index is -4.65. The number of benzene rings is 1. The zero-order valence-corrected chi connectivity index (χ0v) is 10.9. The van der Waals surface area contributed by atoms with Crippen LogP contribution in [0.1, 0.15) is 0 Å². The van der Waals surface area contributed by atoms with E-state index in [1.165, 1.54) is 12.1 Å². The molecule has 110 valence electrons. The molecule has 10 nitrogen and oxygen atoms in total. The largest absolute Gasteiger partial charge is 0.744 e. The number of aromatic nitrogens is 2. The van der Waals surface area contributed by atoms with Crippen molar-refractivity contribution in [3.63, 3.8) is 0 Å². The van der Waals surface area contributed by atoms with Crippen LogP contribution in [0.25, 0.3) is 0 Å². The molecular weight excluding hydrogens is 304 g/mol. The maximum atomic E-state index is 11.4. The molecule has 0 amide bonds. The Morgan fingerprint density at radius 1 is 1.14 bits per heavy atom. The number of hydrogen-bond donors (Lipinski definition) is 3. The summed E-state index contributed by atoms with van der Waals surface area (Å²) in [4.78, 5) is 25.4. The van der Waals surface area contributed by atoms with Crippen molar-refractivity contribution in [3.8, 4) is 5.88 Å². The van der Waals surface area contributed by atoms with Crippen molar-refractivity contribution in [2.75, 3.05) is 0 Å². The third-order valence-electron chi connectivity index (χ3n) is 2.27. The highest BCUT2D eigenvalue weighted by atomic mass is 32.2. The predicted octanol–water partition coefficient (Wildman–Crippen LogP) is 0.0883. The molecule has 2 aromatic rings. The van der Waals surface area contributed by atoms with Crippen LogP contribution in [0.4, 0.5) is 11.4 Å². The molecule has 1 heterocycles. The summed E-state index contributed by atoms with van der Waals surface area (Å²) < 4.78 is 32.5. The van der Waals surface area contributed by atoms with Crippen LogP contribution in [-0.4, -0.2) is 28.0 Å². The summed E-state index contributed by atoms with van der Waals surface area (Å²) in [7, 11) is -4.65. The smallest absolute Gasteiger partial charge is 0.328 e. The number of hydrogen-bond acceptors (Lipinski definition) is 8. The van der Waals surface area contributed by atoms with Crippen LogP contribution in [0.3, 0.4) is 0 Å². The van der Waals surface area contributed by atoms with Gasteiger partial charge in [-0.15, -0.1) is 5.11 Å². The topological polar surface area (TPSA) is 168 Å². The molecule has 1 aromatic carbocycles. The van der Waals surface area contributed by atoms with Crippen LogP contribution in [0.2, 0.25) is 0 Å². The number of aromatic amines is 2. The second-order valence-electron chi connectivity index (χ2n) is 3.76. The van der Waals surface area contributed by atoms with Gasteiger partial charge in [0.1, 0.15) is 10.1 Å². The maximum absolute atomic E-state index is 11.4. The van der Waals surface area contributed by atoms with Gasteiger partial charge in [-0.25, -0.2) is 13.2 Å². The molecule has 0 aliphatic heterocycles. The molecule has 21 heavy (non-hydrogen) atoms. The number of H-pyrrole nitrogens is 2. The van der Waals surface area contributed by atoms with Crippen LogP contribution in [0, 0.1) is 0 Å². The SMILES string of the molecule is O=c1[nH]c(O)c(N=Nc2cccc(S(=O)(=O)[O-])c2)c(=O)[nH]1. The first-order valence-corrected chi connectivity index (χ1v) is 6.71. The van der Waals surface area contributed by atoms with Crippen molar-refractivity contribution in [1.82, 2.24) is 9.97 Å². The van der Waals surface area contributed by atoms with Gasteiger partial charge < -0.3 is 9.66 Å². The van der Waals surface area contributed by atoms with Gasteiger partial charge in [0, 0.05) is 0 Å². The van der Waals surface area contributed by atoms with Crippen LogP contribution in [0.15, 0.2) is 49.0 Å². The van der Waals surface area contributed by atoms with Gasteiger partial charge in [0.05, 0.1) is 10.6 Å². The Balaban J connectivity index is 2.44. The summed E-state index contributed by atoms with van der Waals surface area (Å²) in [5.41, 5.74) is -2.49. The van der Waals surface area contributed by atoms with Gasteiger partial charge in [-0.2, -0.15) is 5.11 Å². The summed E-state index contributed by atoms with van der Waals surface area (Å²) in [6, 6.07) is 4.61. The Hall–Kier alpha value is -2.79. The third-order valence-corrected chi connectivity index (χ3v) is 3.10. The Bertz CT molecular complexity index is 927. The van der Waals surface area contributed by atoms with Crippen molar-refractivity contribution in [1.29, 1.82) is 0 Å². The zero-order valence-electron chi connectivity index (χ0n) is 10.1. The lowest BCUT2D eigenvalue weighted by atomic mass is 10.3. The highest BCUT2D eigenvalue weighted by molar-refractivity contribution is 7.85. The van der Waals surface area contributed by atoms with Crippen LogP contribution >= 0.6 is 0 Å². The van der Waals surface area contributed by atoms with E-state index in [9.17, 15) is 27.7 Å². The van der Waals surface area contributed by atoms with Crippen LogP contribution < -0.4 is 11.2 Å². The molecule has 0 spiro atoms. The molecular formula is C10H7N4O6S-. The van der Waals surface area contributed by atoms with E-state index in [2.05, 4.69) is 10.2 Å². The fourth-order valence-corrected chi connectivity index (χ4v) is 1.88. The summed E-state index contributed by atoms with van der Waals surface area (Å²) in [6.45, 7) is 0. The fraction of sp³-hybridized carbons (Fsp3) is 0. The monoisotopic (exact) mass is 311 g/mol. The molecule has 11 heteroatoms. The Labute approximate surface area is 116 Å². The molecule has 0 bridgehead atoms. The van der Waals surface area contributed by atoms with Gasteiger partial charge >= 0.3 is 5.69 Å². The highest BCUT2D eigenvalue weighted by Crippen LogP contribution is 2.22. The second kappa shape index (κ2) is 5.30. The molecule has 0 atom stereocenters. The zero-order chi connectivity index (χ0) is 15.6. The molecule has 0 saturated heterocycles. The van der Waals surface area contributed by atoms with E-state index in [0.717, 1.165) is 12.1 Å². The number of nitrogens with zero attached hydrogens (tertiary/aromatic N) is 2. The Morgan fingerprint density at radius 3 is 2.48 bits per heavy atom. The maximum Gasteiger partial charge on any atom is 0.328 e. The number of aromatic hydroxyl groups is 1. The summed E-state index contributed by atoms with van der Waals surface area (Å²) in [5, 5.41) is 16.3. The van der Waals surface area contributed by atoms with E-state index >= 15 is 0 Å². The molecule has 0 saturated carbocycles. The summed E-state index contributed by atoms with van der Waals surface area (Å²) in [5.74, 6) is -0.792. The minimum Gasteiger partial charge on any atom is -0.744 e. The van der Waals surface area contributed by atoms with Crippen molar-refractivity contribution in [2.24, 2.45) is 10.2 Å². The molecule has 1 aromatic heterocycles. The third kappa shape index (κ3) is 3.40. The van der Waals surface area contributed by atoms with Crippen molar-refractivity contribution < 1.29 is 18.1 Å². The van der Waals surface area contributed by atoms with Crippen molar-refractivity contribution in [2.45, 2.75) is 4.90 Å². The predicted molar refractivity (Wildman–Crippen MR) is 67.9 cm³/mol. The average molecular weight is 311 g/mol. The van der Waals surface area contributed by atoms with Crippen LogP contribution in [0.5, 0.6) is 5.88 Å². The lowest BCUT2D eigenvalue weighted by Gasteiger charge is -2.06. The summed E-state index contributed by atoms with van der Waals surface area (Å²) >= 11 is 0. The normalized spacial score (nSPS) is 11.9. The Morgan fingerprint density at radius 2 is 1.86 bits per heavy atom. The van der Waals surface area contributed by atoms with Gasteiger partial charge in [0.15, 0.2) is 0 Å². The van der Waals surface area contributed by atoms with Crippen molar-refractivity contribution >= 4 is 21.5 Å². The Kier molecular flexibility index (Phi) is 3.69. The first-order valence-electron chi connectivity index (χ1n) is 5.30. The van der Waals surface area contributed by atoms with E-state index in [4.69, 9.17) is 0 Å². The van der Waals surface area contributed by atoms with E-state index in [-0.39, 0.29) is 5.69 Å². The van der Waals surface area contributed by atoms with Gasteiger partial charge in [-0.1, -0.05) is 6.07 Å². The summed E-state index contributed by atoms with van der Waals surface area (Å²) in [6.07, 6.45) is 0. The molecule has 3 N–H and O–H groups in total. The highest BCUT2D eigenvalue weighted by Gasteiger charge is 2.07. The number of rotatable bonds is 3. The standard InChI is InChI=1S/C10H8N4O6S/c15-8-7(9(16)12-10(17)11-8)14-13-5-2-1-3-6(4-5)21(18,19)20/h1-4H,(H,18,19,20)(H3,11,12,15,16,17)/p-1. The quantitative estimate of drug-likeness (QED) is 0.536.